The maximum absolute atomic E-state index is 14.7. The Morgan fingerprint density at radius 1 is 1.36 bits per heavy atom. The minimum absolute atomic E-state index is 0.0186. The number of carboxylic acids is 1. The molecule has 172 valence electrons. The van der Waals surface area contributed by atoms with Gasteiger partial charge in [0.15, 0.2) is 0 Å². The Balaban J connectivity index is 1.81. The molecule has 0 radical (unpaired) electrons. The van der Waals surface area contributed by atoms with Crippen molar-refractivity contribution in [3.63, 3.8) is 0 Å². The Bertz CT molecular complexity index is 1310. The quantitative estimate of drug-likeness (QED) is 0.258. The highest BCUT2D eigenvalue weighted by molar-refractivity contribution is 7.97. The summed E-state index contributed by atoms with van der Waals surface area (Å²) in [6, 6.07) is 10.3. The van der Waals surface area contributed by atoms with E-state index < -0.39 is 5.97 Å². The van der Waals surface area contributed by atoms with E-state index in [1.54, 1.807) is 16.8 Å². The van der Waals surface area contributed by atoms with E-state index in [9.17, 15) is 14.3 Å². The summed E-state index contributed by atoms with van der Waals surface area (Å²) in [6.45, 7) is 2.42. The predicted octanol–water partition coefficient (Wildman–Crippen LogP) is 4.35. The number of hydrogen-bond donors (Lipinski definition) is 4. The minimum atomic E-state index is -1.11. The van der Waals surface area contributed by atoms with Crippen LogP contribution >= 0.6 is 23.9 Å². The van der Waals surface area contributed by atoms with E-state index in [4.69, 9.17) is 5.14 Å². The van der Waals surface area contributed by atoms with Crippen molar-refractivity contribution in [3.05, 3.63) is 70.9 Å². The molecule has 0 aliphatic carbocycles. The van der Waals surface area contributed by atoms with Crippen molar-refractivity contribution in [1.82, 2.24) is 24.7 Å². The third kappa shape index (κ3) is 4.62. The number of nitrogens with two attached hydrogens (primary N) is 1. The van der Waals surface area contributed by atoms with Gasteiger partial charge in [-0.2, -0.15) is 11.8 Å². The van der Waals surface area contributed by atoms with Crippen molar-refractivity contribution in [3.8, 4) is 11.1 Å². The van der Waals surface area contributed by atoms with Gasteiger partial charge in [0.2, 0.25) is 0 Å². The van der Waals surface area contributed by atoms with Crippen LogP contribution in [0.3, 0.4) is 0 Å². The minimum Gasteiger partial charge on any atom is -0.477 e. The van der Waals surface area contributed by atoms with Gasteiger partial charge in [-0.3, -0.25) is 5.14 Å². The van der Waals surface area contributed by atoms with Gasteiger partial charge in [0.25, 0.3) is 0 Å². The van der Waals surface area contributed by atoms with Gasteiger partial charge < -0.3 is 10.1 Å². The molecule has 2 aromatic heterocycles. The standard InChI is InChI=1S/C22H23FN6O2S2/c1-12(29-10-15(27-28-29)9-25-33-24)16-4-3-5-17-19(21(22(30)31)26-20(16)17)13-6-7-14(11-32-2)18(23)8-13/h3-8,10,12,25-26H,9,11,24H2,1-2H3,(H,30,31). The monoisotopic (exact) mass is 486 g/mol. The molecule has 4 rings (SSSR count). The molecular formula is C22H23FN6O2S2. The highest BCUT2D eigenvalue weighted by atomic mass is 32.2. The van der Waals surface area contributed by atoms with Gasteiger partial charge in [-0.15, -0.1) is 5.10 Å². The molecule has 0 saturated heterocycles. The molecule has 0 amide bonds. The summed E-state index contributed by atoms with van der Waals surface area (Å²) in [4.78, 5) is 15.2. The van der Waals surface area contributed by atoms with Gasteiger partial charge in [-0.25, -0.2) is 18.6 Å². The summed E-state index contributed by atoms with van der Waals surface area (Å²) in [6.07, 6.45) is 3.72. The average Bonchev–Trinajstić information content (AvgIpc) is 3.43. The van der Waals surface area contributed by atoms with E-state index in [2.05, 4.69) is 20.0 Å². The molecule has 0 aliphatic rings. The fraction of sp³-hybridized carbons (Fsp3) is 0.227. The van der Waals surface area contributed by atoms with Crippen LogP contribution in [-0.2, 0) is 12.3 Å². The number of nitrogens with one attached hydrogen (secondary N) is 2. The molecule has 0 spiro atoms. The Hall–Kier alpha value is -2.86. The first kappa shape index (κ1) is 23.3. The zero-order valence-corrected chi connectivity index (χ0v) is 19.6. The van der Waals surface area contributed by atoms with Crippen molar-refractivity contribution >= 4 is 40.8 Å². The van der Waals surface area contributed by atoms with Gasteiger partial charge in [-0.05, 0) is 30.4 Å². The van der Waals surface area contributed by atoms with E-state index >= 15 is 0 Å². The van der Waals surface area contributed by atoms with Gasteiger partial charge >= 0.3 is 5.97 Å². The average molecular weight is 487 g/mol. The van der Waals surface area contributed by atoms with Crippen LogP contribution in [0, 0.1) is 5.82 Å². The first-order valence-corrected chi connectivity index (χ1v) is 12.4. The number of hydrogen-bond acceptors (Lipinski definition) is 7. The highest BCUT2D eigenvalue weighted by Gasteiger charge is 2.23. The van der Waals surface area contributed by atoms with Crippen molar-refractivity contribution < 1.29 is 14.3 Å². The normalized spacial score (nSPS) is 12.4. The Morgan fingerprint density at radius 2 is 2.18 bits per heavy atom. The number of nitrogens with zero attached hydrogens (tertiary/aromatic N) is 3. The van der Waals surface area contributed by atoms with Crippen molar-refractivity contribution in [2.75, 3.05) is 6.26 Å². The van der Waals surface area contributed by atoms with E-state index in [1.807, 2.05) is 37.6 Å². The number of carbonyl (C=O) groups is 1. The molecule has 2 heterocycles. The number of H-pyrrole nitrogens is 1. The van der Waals surface area contributed by atoms with Gasteiger partial charge in [0, 0.05) is 34.4 Å². The summed E-state index contributed by atoms with van der Waals surface area (Å²) in [5, 5.41) is 24.3. The lowest BCUT2D eigenvalue weighted by Crippen LogP contribution is -2.08. The smallest absolute Gasteiger partial charge is 0.352 e. The number of rotatable bonds is 9. The molecule has 0 bridgehead atoms. The highest BCUT2D eigenvalue weighted by Crippen LogP contribution is 2.37. The third-order valence-corrected chi connectivity index (χ3v) is 6.37. The molecule has 0 aliphatic heterocycles. The molecule has 33 heavy (non-hydrogen) atoms. The zero-order valence-electron chi connectivity index (χ0n) is 18.0. The van der Waals surface area contributed by atoms with Crippen molar-refractivity contribution in [2.24, 2.45) is 5.14 Å². The molecular weight excluding hydrogens is 463 g/mol. The molecule has 4 aromatic rings. The van der Waals surface area contributed by atoms with Crippen LogP contribution in [0.2, 0.25) is 0 Å². The first-order chi connectivity index (χ1) is 15.9. The number of aromatic carboxylic acids is 1. The number of halogens is 1. The van der Waals surface area contributed by atoms with Crippen molar-refractivity contribution in [1.29, 1.82) is 0 Å². The Labute approximate surface area is 198 Å². The predicted molar refractivity (Wildman–Crippen MR) is 130 cm³/mol. The lowest BCUT2D eigenvalue weighted by molar-refractivity contribution is 0.0692. The van der Waals surface area contributed by atoms with Crippen LogP contribution in [-0.4, -0.2) is 37.3 Å². The maximum Gasteiger partial charge on any atom is 0.352 e. The molecule has 2 aromatic carbocycles. The largest absolute Gasteiger partial charge is 0.477 e. The molecule has 1 atom stereocenters. The van der Waals surface area contributed by atoms with E-state index in [0.29, 0.717) is 39.9 Å². The molecule has 1 unspecified atom stereocenters. The summed E-state index contributed by atoms with van der Waals surface area (Å²) < 4.78 is 19.3. The topological polar surface area (TPSA) is 122 Å². The van der Waals surface area contributed by atoms with E-state index in [-0.39, 0.29) is 17.6 Å². The lowest BCUT2D eigenvalue weighted by Gasteiger charge is -2.13. The fourth-order valence-electron chi connectivity index (χ4n) is 3.87. The summed E-state index contributed by atoms with van der Waals surface area (Å²) in [7, 11) is 0. The molecule has 0 fully saturated rings. The zero-order chi connectivity index (χ0) is 23.5. The number of aromatic nitrogens is 4. The van der Waals surface area contributed by atoms with Crippen LogP contribution in [0.1, 0.15) is 40.3 Å². The van der Waals surface area contributed by atoms with Gasteiger partial charge in [0.05, 0.1) is 30.0 Å². The summed E-state index contributed by atoms with van der Waals surface area (Å²) in [5.41, 5.74) is 3.82. The molecule has 0 saturated carbocycles. The van der Waals surface area contributed by atoms with E-state index in [0.717, 1.165) is 23.4 Å². The maximum atomic E-state index is 14.7. The van der Waals surface area contributed by atoms with Crippen LogP contribution in [0.4, 0.5) is 4.39 Å². The van der Waals surface area contributed by atoms with Crippen LogP contribution in [0.25, 0.3) is 22.0 Å². The van der Waals surface area contributed by atoms with Crippen LogP contribution in [0.15, 0.2) is 42.6 Å². The number of fused-ring (bicyclic) bond motifs is 1. The number of aromatic amines is 1. The summed E-state index contributed by atoms with van der Waals surface area (Å²) in [5.74, 6) is -0.912. The number of thioether (sulfide) groups is 1. The van der Waals surface area contributed by atoms with Gasteiger partial charge in [-0.1, -0.05) is 35.5 Å². The van der Waals surface area contributed by atoms with Crippen LogP contribution < -0.4 is 9.86 Å². The van der Waals surface area contributed by atoms with Crippen LogP contribution in [0.5, 0.6) is 0 Å². The Kier molecular flexibility index (Phi) is 7.03. The van der Waals surface area contributed by atoms with Gasteiger partial charge in [0.1, 0.15) is 11.5 Å². The third-order valence-electron chi connectivity index (χ3n) is 5.46. The SMILES string of the molecule is CSCc1ccc(-c2c(C(=O)O)[nH]c3c(C(C)n4cc(CNSN)nn4)cccc23)cc1F. The van der Waals surface area contributed by atoms with Crippen molar-refractivity contribution in [2.45, 2.75) is 25.3 Å². The number of para-hydroxylation sites is 1. The second-order valence-electron chi connectivity index (χ2n) is 7.49. The second kappa shape index (κ2) is 9.96. The molecule has 5 N–H and O–H groups in total. The Morgan fingerprint density at radius 3 is 2.88 bits per heavy atom. The van der Waals surface area contributed by atoms with E-state index in [1.165, 1.54) is 17.8 Å². The second-order valence-corrected chi connectivity index (χ2v) is 8.88. The molecule has 11 heteroatoms. The lowest BCUT2D eigenvalue weighted by atomic mass is 9.98. The fourth-order valence-corrected chi connectivity index (χ4v) is 4.64. The first-order valence-electron chi connectivity index (χ1n) is 10.1. The molecule has 8 nitrogen and oxygen atoms in total. The number of benzene rings is 2. The summed E-state index contributed by atoms with van der Waals surface area (Å²) >= 11 is 2.53. The number of carboxylic acid groups (broad SMARTS) is 1.